The van der Waals surface area contributed by atoms with Gasteiger partial charge in [0.25, 0.3) is 0 Å². The molecule has 2 saturated heterocycles. The Balaban J connectivity index is 1.10. The van der Waals surface area contributed by atoms with Gasteiger partial charge in [0.2, 0.25) is 5.91 Å². The summed E-state index contributed by atoms with van der Waals surface area (Å²) in [5, 5.41) is 0. The van der Waals surface area contributed by atoms with E-state index in [1.807, 2.05) is 0 Å². The van der Waals surface area contributed by atoms with Crippen molar-refractivity contribution >= 4 is 17.6 Å². The van der Waals surface area contributed by atoms with Crippen molar-refractivity contribution in [3.05, 3.63) is 0 Å². The van der Waals surface area contributed by atoms with Crippen LogP contribution in [0.5, 0.6) is 0 Å². The summed E-state index contributed by atoms with van der Waals surface area (Å²) in [5.74, 6) is 0.739. The molecule has 0 spiro atoms. The van der Waals surface area contributed by atoms with Gasteiger partial charge in [0.1, 0.15) is 0 Å². The molecule has 0 aromatic carbocycles. The molecule has 0 aromatic rings. The van der Waals surface area contributed by atoms with Gasteiger partial charge in [-0.25, -0.2) is 9.79 Å². The summed E-state index contributed by atoms with van der Waals surface area (Å²) in [5.41, 5.74) is 1.16. The zero-order chi connectivity index (χ0) is 19.8. The maximum Gasteiger partial charge on any atom is 0.344 e. The van der Waals surface area contributed by atoms with Crippen molar-refractivity contribution < 1.29 is 9.59 Å². The normalized spacial score (nSPS) is 30.7. The van der Waals surface area contributed by atoms with E-state index in [1.54, 1.807) is 0 Å². The Morgan fingerprint density at radius 1 is 0.793 bits per heavy atom. The van der Waals surface area contributed by atoms with Crippen LogP contribution in [0.15, 0.2) is 4.99 Å². The average molecular weight is 401 g/mol. The fraction of sp³-hybridized carbons (Fsp3) is 0.870. The first-order chi connectivity index (χ1) is 14.2. The van der Waals surface area contributed by atoms with Crippen LogP contribution in [-0.2, 0) is 4.79 Å². The van der Waals surface area contributed by atoms with Crippen molar-refractivity contribution in [2.75, 3.05) is 26.2 Å². The van der Waals surface area contributed by atoms with Crippen LogP contribution in [0.4, 0.5) is 4.79 Å². The molecule has 1 atom stereocenters. The van der Waals surface area contributed by atoms with E-state index in [9.17, 15) is 9.59 Å². The smallest absolute Gasteiger partial charge is 0.342 e. The zero-order valence-electron chi connectivity index (χ0n) is 17.7. The maximum absolute atomic E-state index is 12.7. The largest absolute Gasteiger partial charge is 0.344 e. The third-order valence-corrected chi connectivity index (χ3v) is 8.23. The molecule has 3 heterocycles. The highest BCUT2D eigenvalue weighted by Crippen LogP contribution is 2.33. The quantitative estimate of drug-likeness (QED) is 0.729. The van der Waals surface area contributed by atoms with Gasteiger partial charge in [0, 0.05) is 49.9 Å². The van der Waals surface area contributed by atoms with E-state index in [-0.39, 0.29) is 6.03 Å². The number of nitrogens with zero attached hydrogens (tertiary/aromatic N) is 4. The Labute approximate surface area is 174 Å². The lowest BCUT2D eigenvalue weighted by Gasteiger charge is -2.44. The number of fused-ring (bicyclic) bond motifs is 1. The van der Waals surface area contributed by atoms with Crippen LogP contribution >= 0.6 is 0 Å². The van der Waals surface area contributed by atoms with Gasteiger partial charge in [-0.2, -0.15) is 0 Å². The summed E-state index contributed by atoms with van der Waals surface area (Å²) in [7, 11) is 0. The lowest BCUT2D eigenvalue weighted by molar-refractivity contribution is -0.137. The first kappa shape index (κ1) is 19.5. The molecule has 29 heavy (non-hydrogen) atoms. The Morgan fingerprint density at radius 2 is 1.45 bits per heavy atom. The highest BCUT2D eigenvalue weighted by atomic mass is 16.2. The summed E-state index contributed by atoms with van der Waals surface area (Å²) in [4.78, 5) is 36.5. The first-order valence-electron chi connectivity index (χ1n) is 12.1. The SMILES string of the molecule is O=C(C1CCCC1)N1CCC(N2CCC(N3C(=O)N=C4CCCC[C@H]43)CC2)CC1. The van der Waals surface area contributed by atoms with Gasteiger partial charge in [-0.3, -0.25) is 4.79 Å². The summed E-state index contributed by atoms with van der Waals surface area (Å²) in [6.45, 7) is 4.03. The number of hydrogen-bond donors (Lipinski definition) is 0. The highest BCUT2D eigenvalue weighted by molar-refractivity contribution is 6.05. The van der Waals surface area contributed by atoms with E-state index in [1.165, 1.54) is 25.7 Å². The molecule has 160 valence electrons. The maximum atomic E-state index is 12.7. The predicted molar refractivity (Wildman–Crippen MR) is 113 cm³/mol. The summed E-state index contributed by atoms with van der Waals surface area (Å²) < 4.78 is 0. The van der Waals surface area contributed by atoms with Crippen molar-refractivity contribution in [2.24, 2.45) is 10.9 Å². The number of carbonyl (C=O) groups excluding carboxylic acids is 2. The van der Waals surface area contributed by atoms with Gasteiger partial charge in [-0.15, -0.1) is 0 Å². The number of hydrogen-bond acceptors (Lipinski definition) is 3. The summed E-state index contributed by atoms with van der Waals surface area (Å²) in [6.07, 6.45) is 13.6. The molecule has 0 radical (unpaired) electrons. The monoisotopic (exact) mass is 400 g/mol. The van der Waals surface area contributed by atoms with E-state index < -0.39 is 0 Å². The van der Waals surface area contributed by atoms with Crippen molar-refractivity contribution in [3.63, 3.8) is 0 Å². The Morgan fingerprint density at radius 3 is 2.17 bits per heavy atom. The second kappa shape index (κ2) is 8.37. The minimum atomic E-state index is 0.0316. The topological polar surface area (TPSA) is 56.2 Å². The van der Waals surface area contributed by atoms with E-state index in [0.717, 1.165) is 83.3 Å². The number of likely N-dealkylation sites (tertiary alicyclic amines) is 2. The number of urea groups is 1. The molecule has 4 fully saturated rings. The second-order valence-corrected chi connectivity index (χ2v) is 9.86. The first-order valence-corrected chi connectivity index (χ1v) is 12.1. The standard InChI is InChI=1S/C23H36N4O2/c28-22(17-5-1-2-6-17)26-15-9-18(10-16-26)25-13-11-19(12-14-25)27-21-8-4-3-7-20(21)24-23(27)29/h17-19,21H,1-16H2/t21-/m1/s1. The van der Waals surface area contributed by atoms with E-state index in [2.05, 4.69) is 19.7 Å². The molecule has 5 rings (SSSR count). The predicted octanol–water partition coefficient (Wildman–Crippen LogP) is 3.45. The number of aliphatic imine (C=N–C) groups is 1. The molecular weight excluding hydrogens is 364 g/mol. The van der Waals surface area contributed by atoms with E-state index in [0.29, 0.717) is 30.0 Å². The molecule has 0 N–H and O–H groups in total. The van der Waals surface area contributed by atoms with Gasteiger partial charge < -0.3 is 14.7 Å². The van der Waals surface area contributed by atoms with Crippen LogP contribution in [0.1, 0.15) is 77.0 Å². The van der Waals surface area contributed by atoms with Crippen molar-refractivity contribution in [1.29, 1.82) is 0 Å². The summed E-state index contributed by atoms with van der Waals surface area (Å²) in [6, 6.07) is 1.31. The zero-order valence-corrected chi connectivity index (χ0v) is 17.7. The average Bonchev–Trinajstić information content (AvgIpc) is 3.41. The van der Waals surface area contributed by atoms with Crippen molar-refractivity contribution in [1.82, 2.24) is 14.7 Å². The van der Waals surface area contributed by atoms with Crippen LogP contribution in [0.25, 0.3) is 0 Å². The van der Waals surface area contributed by atoms with Crippen LogP contribution in [0.2, 0.25) is 0 Å². The second-order valence-electron chi connectivity index (χ2n) is 9.86. The molecule has 2 saturated carbocycles. The van der Waals surface area contributed by atoms with Crippen LogP contribution < -0.4 is 0 Å². The van der Waals surface area contributed by atoms with Crippen LogP contribution in [-0.4, -0.2) is 76.7 Å². The molecule has 6 heteroatoms. The number of rotatable bonds is 3. The Hall–Kier alpha value is -1.43. The van der Waals surface area contributed by atoms with Crippen molar-refractivity contribution in [3.8, 4) is 0 Å². The molecule has 6 nitrogen and oxygen atoms in total. The van der Waals surface area contributed by atoms with Gasteiger partial charge in [0.05, 0.1) is 6.04 Å². The van der Waals surface area contributed by atoms with Gasteiger partial charge >= 0.3 is 6.03 Å². The van der Waals surface area contributed by atoms with Gasteiger partial charge in [0.15, 0.2) is 0 Å². The van der Waals surface area contributed by atoms with Gasteiger partial charge in [-0.1, -0.05) is 19.3 Å². The van der Waals surface area contributed by atoms with E-state index >= 15 is 0 Å². The third kappa shape index (κ3) is 3.85. The molecule has 3 aliphatic heterocycles. The van der Waals surface area contributed by atoms with Crippen molar-refractivity contribution in [2.45, 2.75) is 95.2 Å². The number of piperidine rings is 2. The molecule has 5 aliphatic rings. The molecule has 0 aromatic heterocycles. The fourth-order valence-electron chi connectivity index (χ4n) is 6.54. The fourth-order valence-corrected chi connectivity index (χ4v) is 6.54. The van der Waals surface area contributed by atoms with Crippen LogP contribution in [0.3, 0.4) is 0 Å². The summed E-state index contributed by atoms with van der Waals surface area (Å²) >= 11 is 0. The third-order valence-electron chi connectivity index (χ3n) is 8.23. The molecule has 0 unspecified atom stereocenters. The van der Waals surface area contributed by atoms with Crippen LogP contribution in [0, 0.1) is 5.92 Å². The lowest BCUT2D eigenvalue weighted by Crippen LogP contribution is -2.54. The highest BCUT2D eigenvalue weighted by Gasteiger charge is 2.41. The number of amides is 3. The Kier molecular flexibility index (Phi) is 5.63. The minimum Gasteiger partial charge on any atom is -0.342 e. The van der Waals surface area contributed by atoms with E-state index in [4.69, 9.17) is 0 Å². The molecule has 3 amide bonds. The minimum absolute atomic E-state index is 0.0316. The number of carbonyl (C=O) groups is 2. The lowest BCUT2D eigenvalue weighted by atomic mass is 9.90. The van der Waals surface area contributed by atoms with Gasteiger partial charge in [-0.05, 0) is 57.8 Å². The molecule has 2 aliphatic carbocycles. The Bertz CT molecular complexity index is 656. The molecular formula is C23H36N4O2. The molecule has 0 bridgehead atoms.